The Morgan fingerprint density at radius 2 is 0.885 bits per heavy atom. The van der Waals surface area contributed by atoms with Gasteiger partial charge in [-0.25, -0.2) is 29.9 Å². The highest BCUT2D eigenvalue weighted by atomic mass is 19.4. The zero-order chi connectivity index (χ0) is 54.6. The number of rotatable bonds is 12. The van der Waals surface area contributed by atoms with E-state index in [9.17, 15) is 35.9 Å². The SMILES string of the molecule is CC(C)c1ccccc1-c1ncc2c(n1)N(Cc1ccc(-c3nc(C(F)(F)F)cn3C3CCC3)cc1)C(=O)C2.CC(C)c1ccccc1-c1ncc2c(n1)N(Cc1ccc(-c3nc(C(F)(F)F)cn3C3CCC3)cc1)C(=O)C2. The van der Waals surface area contributed by atoms with Crippen LogP contribution in [0.4, 0.5) is 38.0 Å². The Morgan fingerprint density at radius 1 is 0.513 bits per heavy atom. The molecule has 6 heterocycles. The number of halogens is 6. The highest BCUT2D eigenvalue weighted by Gasteiger charge is 2.39. The van der Waals surface area contributed by atoms with Crippen LogP contribution in [0.25, 0.3) is 45.6 Å². The van der Waals surface area contributed by atoms with E-state index in [0.29, 0.717) is 71.0 Å². The largest absolute Gasteiger partial charge is 0.434 e. The molecular weight excluding hydrogens is 1010 g/mol. The van der Waals surface area contributed by atoms with Crippen molar-refractivity contribution in [1.29, 1.82) is 0 Å². The Bertz CT molecular complexity index is 3310. The Labute approximate surface area is 447 Å². The molecule has 12 nitrogen and oxygen atoms in total. The number of nitrogens with zero attached hydrogens (tertiary/aromatic N) is 10. The zero-order valence-electron chi connectivity index (χ0n) is 43.5. The summed E-state index contributed by atoms with van der Waals surface area (Å²) in [5.74, 6) is 3.47. The summed E-state index contributed by atoms with van der Waals surface area (Å²) >= 11 is 0. The van der Waals surface area contributed by atoms with Crippen LogP contribution in [0.2, 0.25) is 0 Å². The zero-order valence-corrected chi connectivity index (χ0v) is 43.5. The number of alkyl halides is 6. The van der Waals surface area contributed by atoms with E-state index in [1.165, 1.54) is 0 Å². The number of aromatic nitrogens is 8. The summed E-state index contributed by atoms with van der Waals surface area (Å²) in [5.41, 5.74) is 6.90. The second-order valence-electron chi connectivity index (χ2n) is 21.2. The molecule has 0 N–H and O–H groups in total. The molecule has 2 amide bonds. The molecular formula is C60H56F6N10O2. The third-order valence-corrected chi connectivity index (χ3v) is 15.2. The Morgan fingerprint density at radius 3 is 1.22 bits per heavy atom. The van der Waals surface area contributed by atoms with E-state index in [2.05, 4.69) is 59.8 Å². The van der Waals surface area contributed by atoms with Crippen molar-refractivity contribution in [1.82, 2.24) is 39.0 Å². The molecule has 2 aliphatic carbocycles. The van der Waals surface area contributed by atoms with Gasteiger partial charge in [0.15, 0.2) is 23.0 Å². The quantitative estimate of drug-likeness (QED) is 0.111. The first-order valence-corrected chi connectivity index (χ1v) is 26.4. The maximum absolute atomic E-state index is 13.4. The molecule has 4 aromatic heterocycles. The molecule has 4 aromatic carbocycles. The first-order chi connectivity index (χ1) is 37.4. The predicted octanol–water partition coefficient (Wildman–Crippen LogP) is 13.9. The van der Waals surface area contributed by atoms with Crippen molar-refractivity contribution in [2.24, 2.45) is 0 Å². The number of imidazole rings is 2. The van der Waals surface area contributed by atoms with Crippen LogP contribution >= 0.6 is 0 Å². The lowest BCUT2D eigenvalue weighted by molar-refractivity contribution is -0.141. The molecule has 0 spiro atoms. The van der Waals surface area contributed by atoms with Gasteiger partial charge in [0.05, 0.1) is 25.9 Å². The lowest BCUT2D eigenvalue weighted by Crippen LogP contribution is -2.26. The fraction of sp³-hybridized carbons (Fsp3) is 0.333. The minimum atomic E-state index is -4.50. The minimum absolute atomic E-state index is 0.0386. The molecule has 8 aromatic rings. The number of carbonyl (C=O) groups excluding carboxylic acids is 2. The smallest absolute Gasteiger partial charge is 0.327 e. The Hall–Kier alpha value is -8.02. The Balaban J connectivity index is 0.000000165. The van der Waals surface area contributed by atoms with Gasteiger partial charge in [-0.2, -0.15) is 26.3 Å². The molecule has 18 heteroatoms. The van der Waals surface area contributed by atoms with Crippen LogP contribution in [0.3, 0.4) is 0 Å². The van der Waals surface area contributed by atoms with E-state index < -0.39 is 23.7 Å². The number of hydrogen-bond donors (Lipinski definition) is 0. The van der Waals surface area contributed by atoms with Crippen LogP contribution in [-0.4, -0.2) is 50.9 Å². The van der Waals surface area contributed by atoms with Crippen LogP contribution in [0.15, 0.2) is 122 Å². The predicted molar refractivity (Wildman–Crippen MR) is 284 cm³/mol. The molecule has 0 unspecified atom stereocenters. The van der Waals surface area contributed by atoms with Crippen molar-refractivity contribution < 1.29 is 35.9 Å². The number of amides is 2. The van der Waals surface area contributed by atoms with Crippen molar-refractivity contribution in [3.8, 4) is 45.6 Å². The van der Waals surface area contributed by atoms with Crippen molar-refractivity contribution in [2.45, 2.75) is 128 Å². The van der Waals surface area contributed by atoms with E-state index >= 15 is 0 Å². The van der Waals surface area contributed by atoms with Gasteiger partial charge in [0, 0.05) is 70.3 Å². The lowest BCUT2D eigenvalue weighted by atomic mass is 9.92. The number of carbonyl (C=O) groups is 2. The van der Waals surface area contributed by atoms with Gasteiger partial charge in [0.1, 0.15) is 23.3 Å². The summed E-state index contributed by atoms with van der Waals surface area (Å²) in [6.45, 7) is 9.09. The van der Waals surface area contributed by atoms with Crippen molar-refractivity contribution in [3.63, 3.8) is 0 Å². The summed E-state index contributed by atoms with van der Waals surface area (Å²) < 4.78 is 83.8. The third kappa shape index (κ3) is 10.3. The standard InChI is InChI=1S/2C30H28F3N5O/c2*1-18(2)23-8-3-4-9-24(23)27-34-15-21-14-26(39)38(29(21)36-27)16-19-10-12-20(13-11-19)28-35-25(30(31,32)33)17-37(28)22-6-5-7-22/h2*3-4,8-13,15,17-18,22H,5-7,14,16H2,1-2H3. The average Bonchev–Trinajstić information content (AvgIpc) is 4.18. The second-order valence-corrected chi connectivity index (χ2v) is 21.2. The van der Waals surface area contributed by atoms with Gasteiger partial charge in [-0.3, -0.25) is 19.4 Å². The lowest BCUT2D eigenvalue weighted by Gasteiger charge is -2.28. The van der Waals surface area contributed by atoms with Crippen LogP contribution in [-0.2, 0) is 47.9 Å². The normalized spacial score (nSPS) is 15.6. The molecule has 4 aliphatic rings. The van der Waals surface area contributed by atoms with Crippen LogP contribution < -0.4 is 9.80 Å². The number of anilines is 2. The van der Waals surface area contributed by atoms with Crippen molar-refractivity contribution in [3.05, 3.63) is 167 Å². The van der Waals surface area contributed by atoms with Crippen LogP contribution in [0.5, 0.6) is 0 Å². The molecule has 2 aliphatic heterocycles. The number of hydrogen-bond acceptors (Lipinski definition) is 8. The van der Waals surface area contributed by atoms with Gasteiger partial charge < -0.3 is 9.13 Å². The van der Waals surface area contributed by atoms with Crippen molar-refractivity contribution >= 4 is 23.5 Å². The van der Waals surface area contributed by atoms with Crippen LogP contribution in [0, 0.1) is 0 Å². The first-order valence-electron chi connectivity index (χ1n) is 26.4. The van der Waals surface area contributed by atoms with Crippen LogP contribution in [0.1, 0.15) is 135 Å². The summed E-state index contributed by atoms with van der Waals surface area (Å²) in [6.07, 6.45) is 2.59. The van der Waals surface area contributed by atoms with E-state index in [-0.39, 0.29) is 36.7 Å². The topological polar surface area (TPSA) is 128 Å². The maximum atomic E-state index is 13.4. The summed E-state index contributed by atoms with van der Waals surface area (Å²) in [6, 6.07) is 30.5. The molecule has 78 heavy (non-hydrogen) atoms. The summed E-state index contributed by atoms with van der Waals surface area (Å²) in [5, 5.41) is 0. The Kier molecular flexibility index (Phi) is 13.8. The number of fused-ring (bicyclic) bond motifs is 2. The third-order valence-electron chi connectivity index (χ3n) is 15.2. The number of benzene rings is 4. The van der Waals surface area contributed by atoms with Gasteiger partial charge in [-0.05, 0) is 72.6 Å². The molecule has 0 bridgehead atoms. The fourth-order valence-corrected chi connectivity index (χ4v) is 10.5. The molecule has 0 radical (unpaired) electrons. The second kappa shape index (κ2) is 20.7. The first kappa shape index (κ1) is 52.1. The monoisotopic (exact) mass is 1060 g/mol. The van der Waals surface area contributed by atoms with Gasteiger partial charge in [-0.1, -0.05) is 125 Å². The molecule has 0 atom stereocenters. The highest BCUT2D eigenvalue weighted by molar-refractivity contribution is 6.01. The fourth-order valence-electron chi connectivity index (χ4n) is 10.5. The van der Waals surface area contributed by atoms with Gasteiger partial charge in [0.2, 0.25) is 11.8 Å². The summed E-state index contributed by atoms with van der Waals surface area (Å²) in [4.78, 5) is 55.8. The maximum Gasteiger partial charge on any atom is 0.434 e. The van der Waals surface area contributed by atoms with E-state index in [1.54, 1.807) is 55.6 Å². The molecule has 0 saturated heterocycles. The van der Waals surface area contributed by atoms with E-state index in [0.717, 1.165) is 95.4 Å². The highest BCUT2D eigenvalue weighted by Crippen LogP contribution is 2.42. The van der Waals surface area contributed by atoms with Gasteiger partial charge in [0.25, 0.3) is 0 Å². The molecule has 2 fully saturated rings. The van der Waals surface area contributed by atoms with Gasteiger partial charge in [-0.15, -0.1) is 0 Å². The van der Waals surface area contributed by atoms with E-state index in [1.807, 2.05) is 60.7 Å². The molecule has 2 saturated carbocycles. The van der Waals surface area contributed by atoms with E-state index in [4.69, 9.17) is 9.97 Å². The van der Waals surface area contributed by atoms with Crippen molar-refractivity contribution in [2.75, 3.05) is 9.80 Å². The van der Waals surface area contributed by atoms with Gasteiger partial charge >= 0.3 is 12.4 Å². The average molecular weight is 1060 g/mol. The molecule has 12 rings (SSSR count). The summed E-state index contributed by atoms with van der Waals surface area (Å²) in [7, 11) is 0. The minimum Gasteiger partial charge on any atom is -0.327 e. The molecule has 400 valence electrons.